The molecular formula is C21H15N5. The Hall–Kier alpha value is -3.73. The minimum Gasteiger partial charge on any atom is -0.256 e. The monoisotopic (exact) mass is 337 g/mol. The second-order valence-electron chi connectivity index (χ2n) is 5.52. The van der Waals surface area contributed by atoms with E-state index >= 15 is 0 Å². The van der Waals surface area contributed by atoms with Gasteiger partial charge >= 0.3 is 0 Å². The molecule has 4 aromatic rings. The summed E-state index contributed by atoms with van der Waals surface area (Å²) in [5.74, 6) is 0. The number of hydrogen-bond acceptors (Lipinski definition) is 5. The fourth-order valence-corrected chi connectivity index (χ4v) is 2.60. The fraction of sp³-hybridized carbons (Fsp3) is 0. The maximum Gasteiger partial charge on any atom is 0.100 e. The molecule has 0 atom stereocenters. The Balaban J connectivity index is 1.88. The molecule has 0 bridgehead atoms. The standard InChI is InChI=1S/C21H15N5/c1-2-8-16(9-3-1)25-26-18-12-15-24-21(19-11-5-7-14-23-19)20(18)17-10-4-6-13-22-17/h1-15H. The predicted molar refractivity (Wildman–Crippen MR) is 101 cm³/mol. The predicted octanol–water partition coefficient (Wildman–Crippen LogP) is 5.62. The number of rotatable bonds is 4. The third-order valence-electron chi connectivity index (χ3n) is 3.79. The van der Waals surface area contributed by atoms with Crippen molar-refractivity contribution in [1.82, 2.24) is 15.0 Å². The molecular weight excluding hydrogens is 322 g/mol. The van der Waals surface area contributed by atoms with E-state index in [-0.39, 0.29) is 0 Å². The van der Waals surface area contributed by atoms with E-state index in [1.807, 2.05) is 72.8 Å². The summed E-state index contributed by atoms with van der Waals surface area (Å²) in [5.41, 5.74) is 4.58. The lowest BCUT2D eigenvalue weighted by Crippen LogP contribution is -1.93. The Morgan fingerprint density at radius 3 is 1.92 bits per heavy atom. The SMILES string of the molecule is c1ccc(N=Nc2ccnc(-c3ccccn3)c2-c2ccccn2)cc1. The van der Waals surface area contributed by atoms with Crippen LogP contribution < -0.4 is 0 Å². The number of benzene rings is 1. The lowest BCUT2D eigenvalue weighted by Gasteiger charge is -2.10. The number of aromatic nitrogens is 3. The van der Waals surface area contributed by atoms with E-state index in [9.17, 15) is 0 Å². The topological polar surface area (TPSA) is 63.4 Å². The molecule has 3 heterocycles. The van der Waals surface area contributed by atoms with E-state index in [1.165, 1.54) is 0 Å². The molecule has 0 unspecified atom stereocenters. The van der Waals surface area contributed by atoms with Crippen LogP contribution in [-0.2, 0) is 0 Å². The van der Waals surface area contributed by atoms with E-state index in [0.717, 1.165) is 28.3 Å². The molecule has 0 aliphatic carbocycles. The first-order valence-corrected chi connectivity index (χ1v) is 8.20. The van der Waals surface area contributed by atoms with Gasteiger partial charge in [0.05, 0.1) is 28.3 Å². The van der Waals surface area contributed by atoms with Crippen LogP contribution in [-0.4, -0.2) is 15.0 Å². The van der Waals surface area contributed by atoms with Gasteiger partial charge in [0.1, 0.15) is 5.69 Å². The van der Waals surface area contributed by atoms with Crippen LogP contribution >= 0.6 is 0 Å². The summed E-state index contributed by atoms with van der Waals surface area (Å²) >= 11 is 0. The lowest BCUT2D eigenvalue weighted by molar-refractivity contribution is 1.18. The highest BCUT2D eigenvalue weighted by Crippen LogP contribution is 2.36. The van der Waals surface area contributed by atoms with Crippen molar-refractivity contribution in [2.75, 3.05) is 0 Å². The smallest absolute Gasteiger partial charge is 0.100 e. The van der Waals surface area contributed by atoms with Gasteiger partial charge in [0.15, 0.2) is 0 Å². The lowest BCUT2D eigenvalue weighted by atomic mass is 10.0. The molecule has 0 saturated heterocycles. The highest BCUT2D eigenvalue weighted by molar-refractivity contribution is 5.85. The molecule has 0 radical (unpaired) electrons. The first-order valence-electron chi connectivity index (χ1n) is 8.20. The largest absolute Gasteiger partial charge is 0.256 e. The molecule has 0 amide bonds. The van der Waals surface area contributed by atoms with Gasteiger partial charge in [-0.25, -0.2) is 0 Å². The maximum absolute atomic E-state index is 4.54. The first kappa shape index (κ1) is 15.8. The molecule has 0 spiro atoms. The second-order valence-corrected chi connectivity index (χ2v) is 5.52. The number of hydrogen-bond donors (Lipinski definition) is 0. The summed E-state index contributed by atoms with van der Waals surface area (Å²) in [6.45, 7) is 0. The van der Waals surface area contributed by atoms with Crippen LogP contribution in [0.3, 0.4) is 0 Å². The van der Waals surface area contributed by atoms with Crippen LogP contribution in [0.25, 0.3) is 22.6 Å². The van der Waals surface area contributed by atoms with Gasteiger partial charge in [-0.1, -0.05) is 30.3 Å². The summed E-state index contributed by atoms with van der Waals surface area (Å²) in [6.07, 6.45) is 5.22. The summed E-state index contributed by atoms with van der Waals surface area (Å²) in [4.78, 5) is 13.5. The van der Waals surface area contributed by atoms with Crippen LogP contribution in [0.5, 0.6) is 0 Å². The molecule has 0 aliphatic rings. The fourth-order valence-electron chi connectivity index (χ4n) is 2.60. The van der Waals surface area contributed by atoms with E-state index in [0.29, 0.717) is 5.69 Å². The molecule has 0 fully saturated rings. The van der Waals surface area contributed by atoms with Gasteiger partial charge in [-0.3, -0.25) is 15.0 Å². The molecule has 5 heteroatoms. The Bertz CT molecular complexity index is 1020. The molecule has 5 nitrogen and oxygen atoms in total. The third-order valence-corrected chi connectivity index (χ3v) is 3.79. The molecule has 0 aliphatic heterocycles. The van der Waals surface area contributed by atoms with Crippen molar-refractivity contribution in [3.05, 3.63) is 91.4 Å². The van der Waals surface area contributed by atoms with Crippen molar-refractivity contribution < 1.29 is 0 Å². The van der Waals surface area contributed by atoms with Crippen molar-refractivity contribution in [3.63, 3.8) is 0 Å². The summed E-state index contributed by atoms with van der Waals surface area (Å²) in [6, 6.07) is 23.0. The zero-order valence-electron chi connectivity index (χ0n) is 13.9. The van der Waals surface area contributed by atoms with Gasteiger partial charge in [-0.05, 0) is 42.5 Å². The van der Waals surface area contributed by atoms with E-state index in [2.05, 4.69) is 25.2 Å². The van der Waals surface area contributed by atoms with Crippen molar-refractivity contribution in [1.29, 1.82) is 0 Å². The van der Waals surface area contributed by atoms with E-state index < -0.39 is 0 Å². The molecule has 0 saturated carbocycles. The number of azo groups is 1. The van der Waals surface area contributed by atoms with Crippen LogP contribution in [0, 0.1) is 0 Å². The van der Waals surface area contributed by atoms with Gasteiger partial charge in [-0.15, -0.1) is 5.11 Å². The summed E-state index contributed by atoms with van der Waals surface area (Å²) < 4.78 is 0. The van der Waals surface area contributed by atoms with Crippen molar-refractivity contribution in [2.45, 2.75) is 0 Å². The minimum atomic E-state index is 0.697. The van der Waals surface area contributed by atoms with Crippen molar-refractivity contribution in [3.8, 4) is 22.6 Å². The molecule has 124 valence electrons. The van der Waals surface area contributed by atoms with Gasteiger partial charge in [0, 0.05) is 18.6 Å². The molecule has 3 aromatic heterocycles. The first-order chi connectivity index (χ1) is 12.9. The quantitative estimate of drug-likeness (QED) is 0.454. The second kappa shape index (κ2) is 7.44. The van der Waals surface area contributed by atoms with Gasteiger partial charge in [-0.2, -0.15) is 5.11 Å². The molecule has 4 rings (SSSR count). The average Bonchev–Trinajstić information content (AvgIpc) is 2.74. The van der Waals surface area contributed by atoms with Gasteiger partial charge < -0.3 is 0 Å². The Morgan fingerprint density at radius 1 is 0.538 bits per heavy atom. The number of nitrogens with zero attached hydrogens (tertiary/aromatic N) is 5. The average molecular weight is 337 g/mol. The van der Waals surface area contributed by atoms with Crippen LogP contribution in [0.2, 0.25) is 0 Å². The summed E-state index contributed by atoms with van der Waals surface area (Å²) in [7, 11) is 0. The molecule has 0 N–H and O–H groups in total. The Labute approximate surface area is 151 Å². The van der Waals surface area contributed by atoms with Crippen molar-refractivity contribution >= 4 is 11.4 Å². The van der Waals surface area contributed by atoms with Gasteiger partial charge in [0.25, 0.3) is 0 Å². The van der Waals surface area contributed by atoms with Crippen LogP contribution in [0.4, 0.5) is 11.4 Å². The Kier molecular flexibility index (Phi) is 4.52. The zero-order chi connectivity index (χ0) is 17.6. The normalized spacial score (nSPS) is 10.9. The highest BCUT2D eigenvalue weighted by Gasteiger charge is 2.15. The van der Waals surface area contributed by atoms with E-state index in [4.69, 9.17) is 0 Å². The van der Waals surface area contributed by atoms with E-state index in [1.54, 1.807) is 18.6 Å². The van der Waals surface area contributed by atoms with Crippen LogP contribution in [0.15, 0.2) is 102 Å². The minimum absolute atomic E-state index is 0.697. The highest BCUT2D eigenvalue weighted by atomic mass is 15.1. The number of pyridine rings is 3. The third kappa shape index (κ3) is 3.37. The summed E-state index contributed by atoms with van der Waals surface area (Å²) in [5, 5.41) is 8.80. The Morgan fingerprint density at radius 2 is 1.23 bits per heavy atom. The molecule has 26 heavy (non-hydrogen) atoms. The maximum atomic E-state index is 4.54. The van der Waals surface area contributed by atoms with Gasteiger partial charge in [0.2, 0.25) is 0 Å². The molecule has 1 aromatic carbocycles. The zero-order valence-corrected chi connectivity index (χ0v) is 13.9. The van der Waals surface area contributed by atoms with Crippen LogP contribution in [0.1, 0.15) is 0 Å². The van der Waals surface area contributed by atoms with Crippen molar-refractivity contribution in [2.24, 2.45) is 10.2 Å².